The Bertz CT molecular complexity index is 347. The zero-order valence-electron chi connectivity index (χ0n) is 10.7. The van der Waals surface area contributed by atoms with Crippen molar-refractivity contribution in [2.75, 3.05) is 33.5 Å². The van der Waals surface area contributed by atoms with Gasteiger partial charge in [-0.3, -0.25) is 0 Å². The van der Waals surface area contributed by atoms with E-state index < -0.39 is 0 Å². The maximum Gasteiger partial charge on any atom is 0.124 e. The minimum Gasteiger partial charge on any atom is -0.493 e. The summed E-state index contributed by atoms with van der Waals surface area (Å²) in [6, 6.07) is 5.83. The molecular weight excluding hydrogens is 298 g/mol. The van der Waals surface area contributed by atoms with Crippen LogP contribution in [0.3, 0.4) is 0 Å². The Kier molecular flexibility index (Phi) is 8.00. The topological polar surface area (TPSA) is 53.7 Å². The van der Waals surface area contributed by atoms with Crippen LogP contribution in [0.1, 0.15) is 12.0 Å². The van der Waals surface area contributed by atoms with Crippen molar-refractivity contribution in [1.82, 2.24) is 0 Å². The van der Waals surface area contributed by atoms with Crippen molar-refractivity contribution >= 4 is 15.9 Å². The van der Waals surface area contributed by atoms with E-state index in [0.29, 0.717) is 33.0 Å². The molecule has 0 radical (unpaired) electrons. The van der Waals surface area contributed by atoms with Crippen molar-refractivity contribution in [3.8, 4) is 5.75 Å². The molecule has 2 N–H and O–H groups in total. The van der Waals surface area contributed by atoms with Crippen LogP contribution in [0.4, 0.5) is 0 Å². The van der Waals surface area contributed by atoms with Gasteiger partial charge in [-0.1, -0.05) is 22.0 Å². The summed E-state index contributed by atoms with van der Waals surface area (Å²) in [5.74, 6) is 0.837. The van der Waals surface area contributed by atoms with E-state index in [1.807, 2.05) is 18.2 Å². The third-order valence-electron chi connectivity index (χ3n) is 2.40. The van der Waals surface area contributed by atoms with Crippen molar-refractivity contribution in [2.45, 2.75) is 13.0 Å². The van der Waals surface area contributed by atoms with E-state index in [2.05, 4.69) is 15.9 Å². The molecule has 0 spiro atoms. The Labute approximate surface area is 117 Å². The molecule has 0 saturated carbocycles. The highest BCUT2D eigenvalue weighted by Crippen LogP contribution is 2.26. The fourth-order valence-electron chi connectivity index (χ4n) is 1.46. The van der Waals surface area contributed by atoms with E-state index in [4.69, 9.17) is 19.9 Å². The average Bonchev–Trinajstić information content (AvgIpc) is 2.38. The second-order valence-corrected chi connectivity index (χ2v) is 4.58. The largest absolute Gasteiger partial charge is 0.493 e. The molecule has 18 heavy (non-hydrogen) atoms. The summed E-state index contributed by atoms with van der Waals surface area (Å²) in [7, 11) is 1.66. The molecule has 0 aromatic heterocycles. The molecule has 0 aliphatic heterocycles. The van der Waals surface area contributed by atoms with Gasteiger partial charge in [0.2, 0.25) is 0 Å². The van der Waals surface area contributed by atoms with Gasteiger partial charge in [-0.2, -0.15) is 0 Å². The fraction of sp³-hybridized carbons (Fsp3) is 0.538. The minimum atomic E-state index is 0.459. The lowest BCUT2D eigenvalue weighted by Gasteiger charge is -2.11. The maximum absolute atomic E-state index is 5.69. The predicted octanol–water partition coefficient (Wildman–Crippen LogP) is 2.34. The van der Waals surface area contributed by atoms with Crippen LogP contribution >= 0.6 is 15.9 Å². The van der Waals surface area contributed by atoms with Gasteiger partial charge in [-0.15, -0.1) is 0 Å². The van der Waals surface area contributed by atoms with E-state index in [1.54, 1.807) is 7.11 Å². The highest BCUT2D eigenvalue weighted by atomic mass is 79.9. The zero-order valence-corrected chi connectivity index (χ0v) is 12.2. The molecule has 0 fully saturated rings. The lowest BCUT2D eigenvalue weighted by atomic mass is 10.2. The quantitative estimate of drug-likeness (QED) is 0.710. The summed E-state index contributed by atoms with van der Waals surface area (Å²) in [5, 5.41) is 0. The van der Waals surface area contributed by atoms with Gasteiger partial charge in [0.25, 0.3) is 0 Å². The Morgan fingerprint density at radius 2 is 2.00 bits per heavy atom. The molecule has 1 aromatic carbocycles. The Hall–Kier alpha value is -0.620. The van der Waals surface area contributed by atoms with Crippen molar-refractivity contribution in [3.05, 3.63) is 28.2 Å². The average molecular weight is 318 g/mol. The summed E-state index contributed by atoms with van der Waals surface area (Å²) in [5.41, 5.74) is 6.69. The normalized spacial score (nSPS) is 10.6. The fourth-order valence-corrected chi connectivity index (χ4v) is 1.97. The highest BCUT2D eigenvalue weighted by Gasteiger charge is 2.05. The van der Waals surface area contributed by atoms with Gasteiger partial charge in [0.05, 0.1) is 19.8 Å². The molecular formula is C13H20BrNO3. The van der Waals surface area contributed by atoms with Crippen LogP contribution in [0.2, 0.25) is 0 Å². The van der Waals surface area contributed by atoms with Gasteiger partial charge in [0, 0.05) is 36.7 Å². The lowest BCUT2D eigenvalue weighted by molar-refractivity contribution is 0.0644. The molecule has 1 rings (SSSR count). The molecule has 0 saturated heterocycles. The number of rotatable bonds is 9. The highest BCUT2D eigenvalue weighted by molar-refractivity contribution is 9.10. The summed E-state index contributed by atoms with van der Waals surface area (Å²) >= 11 is 3.46. The second-order valence-electron chi connectivity index (χ2n) is 3.73. The molecule has 102 valence electrons. The van der Waals surface area contributed by atoms with Crippen LogP contribution in [0.15, 0.2) is 22.7 Å². The van der Waals surface area contributed by atoms with Gasteiger partial charge in [-0.05, 0) is 12.1 Å². The molecule has 0 heterocycles. The van der Waals surface area contributed by atoms with Gasteiger partial charge < -0.3 is 19.9 Å². The molecule has 1 aromatic rings. The first-order valence-corrected chi connectivity index (χ1v) is 6.75. The summed E-state index contributed by atoms with van der Waals surface area (Å²) in [4.78, 5) is 0. The number of ether oxygens (including phenoxy) is 3. The van der Waals surface area contributed by atoms with Crippen molar-refractivity contribution in [2.24, 2.45) is 5.73 Å². The Morgan fingerprint density at radius 1 is 1.17 bits per heavy atom. The first kappa shape index (κ1) is 15.4. The number of halogens is 1. The molecule has 4 nitrogen and oxygen atoms in total. The van der Waals surface area contributed by atoms with Crippen LogP contribution in [0.25, 0.3) is 0 Å². The first-order chi connectivity index (χ1) is 8.79. The van der Waals surface area contributed by atoms with Crippen LogP contribution in [-0.2, 0) is 16.0 Å². The molecule has 0 atom stereocenters. The van der Waals surface area contributed by atoms with Gasteiger partial charge >= 0.3 is 0 Å². The van der Waals surface area contributed by atoms with Crippen LogP contribution in [-0.4, -0.2) is 33.5 Å². The van der Waals surface area contributed by atoms with Gasteiger partial charge in [0.15, 0.2) is 0 Å². The number of hydrogen-bond donors (Lipinski definition) is 1. The Morgan fingerprint density at radius 3 is 2.72 bits per heavy atom. The molecule has 0 aliphatic carbocycles. The maximum atomic E-state index is 5.69. The molecule has 0 amide bonds. The summed E-state index contributed by atoms with van der Waals surface area (Å²) in [6.45, 7) is 3.01. The summed E-state index contributed by atoms with van der Waals surface area (Å²) < 4.78 is 16.9. The molecule has 5 heteroatoms. The zero-order chi connectivity index (χ0) is 13.2. The van der Waals surface area contributed by atoms with E-state index in [1.165, 1.54) is 0 Å². The SMILES string of the molecule is COCCOCCCOc1cccc(Br)c1CN. The van der Waals surface area contributed by atoms with E-state index in [-0.39, 0.29) is 0 Å². The number of hydrogen-bond acceptors (Lipinski definition) is 4. The standard InChI is InChI=1S/C13H20BrNO3/c1-16-8-9-17-6-3-7-18-13-5-2-4-12(14)11(13)10-15/h2,4-5H,3,6-10,15H2,1H3. The molecule has 0 bridgehead atoms. The van der Waals surface area contributed by atoms with E-state index in [9.17, 15) is 0 Å². The number of nitrogens with two attached hydrogens (primary N) is 1. The first-order valence-electron chi connectivity index (χ1n) is 5.96. The van der Waals surface area contributed by atoms with Crippen molar-refractivity contribution in [3.63, 3.8) is 0 Å². The van der Waals surface area contributed by atoms with Crippen LogP contribution in [0.5, 0.6) is 5.75 Å². The molecule has 0 unspecified atom stereocenters. The van der Waals surface area contributed by atoms with Crippen LogP contribution in [0, 0.1) is 0 Å². The molecule has 0 aliphatic rings. The lowest BCUT2D eigenvalue weighted by Crippen LogP contribution is -2.08. The third-order valence-corrected chi connectivity index (χ3v) is 3.15. The van der Waals surface area contributed by atoms with Crippen molar-refractivity contribution < 1.29 is 14.2 Å². The summed E-state index contributed by atoms with van der Waals surface area (Å²) in [6.07, 6.45) is 0.847. The van der Waals surface area contributed by atoms with Gasteiger partial charge in [-0.25, -0.2) is 0 Å². The minimum absolute atomic E-state index is 0.459. The van der Waals surface area contributed by atoms with E-state index in [0.717, 1.165) is 22.2 Å². The van der Waals surface area contributed by atoms with Crippen molar-refractivity contribution in [1.29, 1.82) is 0 Å². The number of benzene rings is 1. The number of methoxy groups -OCH3 is 1. The monoisotopic (exact) mass is 317 g/mol. The predicted molar refractivity (Wildman–Crippen MR) is 74.8 cm³/mol. The third kappa shape index (κ3) is 5.35. The Balaban J connectivity index is 2.25. The second kappa shape index (κ2) is 9.33. The van der Waals surface area contributed by atoms with Gasteiger partial charge in [0.1, 0.15) is 5.75 Å². The van der Waals surface area contributed by atoms with E-state index >= 15 is 0 Å². The smallest absolute Gasteiger partial charge is 0.124 e. The van der Waals surface area contributed by atoms with Crippen LogP contribution < -0.4 is 10.5 Å².